The zero-order valence-corrected chi connectivity index (χ0v) is 14.0. The van der Waals surface area contributed by atoms with Crippen LogP contribution in [0, 0.1) is 5.92 Å². The minimum atomic E-state index is -1.13. The SMILES string of the molecule is CCOC(=O)C1=C(C)NC(=O)C(C(=O)OCC)C1c1ccccc1. The van der Waals surface area contributed by atoms with Gasteiger partial charge in [0.15, 0.2) is 0 Å². The van der Waals surface area contributed by atoms with Crippen LogP contribution in [0.5, 0.6) is 0 Å². The van der Waals surface area contributed by atoms with Crippen LogP contribution in [0.2, 0.25) is 0 Å². The van der Waals surface area contributed by atoms with Crippen LogP contribution >= 0.6 is 0 Å². The fraction of sp³-hybridized carbons (Fsp3) is 0.389. The molecule has 0 spiro atoms. The molecule has 1 aliphatic heterocycles. The molecular weight excluding hydrogens is 310 g/mol. The summed E-state index contributed by atoms with van der Waals surface area (Å²) in [4.78, 5) is 37.2. The molecule has 2 atom stereocenters. The van der Waals surface area contributed by atoms with E-state index in [0.717, 1.165) is 0 Å². The van der Waals surface area contributed by atoms with Gasteiger partial charge in [-0.15, -0.1) is 0 Å². The summed E-state index contributed by atoms with van der Waals surface area (Å²) in [5, 5.41) is 2.60. The molecule has 0 fully saturated rings. The summed E-state index contributed by atoms with van der Waals surface area (Å²) in [7, 11) is 0. The van der Waals surface area contributed by atoms with Gasteiger partial charge in [0, 0.05) is 11.6 Å². The maximum Gasteiger partial charge on any atom is 0.336 e. The Kier molecular flexibility index (Phi) is 5.73. The maximum atomic E-state index is 12.4. The Hall–Kier alpha value is -2.63. The van der Waals surface area contributed by atoms with Gasteiger partial charge in [-0.3, -0.25) is 9.59 Å². The van der Waals surface area contributed by atoms with Crippen LogP contribution in [0.15, 0.2) is 41.6 Å². The molecule has 128 valence electrons. The van der Waals surface area contributed by atoms with E-state index in [1.54, 1.807) is 45.0 Å². The first-order valence-corrected chi connectivity index (χ1v) is 7.91. The Bertz CT molecular complexity index is 665. The van der Waals surface area contributed by atoms with Crippen LogP contribution < -0.4 is 5.32 Å². The molecule has 0 radical (unpaired) electrons. The number of allylic oxidation sites excluding steroid dienone is 1. The molecule has 0 saturated carbocycles. The van der Waals surface area contributed by atoms with Crippen molar-refractivity contribution in [2.75, 3.05) is 13.2 Å². The van der Waals surface area contributed by atoms with Gasteiger partial charge in [0.05, 0.1) is 18.8 Å². The number of benzene rings is 1. The van der Waals surface area contributed by atoms with Crippen molar-refractivity contribution in [2.24, 2.45) is 5.92 Å². The lowest BCUT2D eigenvalue weighted by molar-refractivity contribution is -0.153. The van der Waals surface area contributed by atoms with E-state index in [4.69, 9.17) is 9.47 Å². The number of carbonyl (C=O) groups excluding carboxylic acids is 3. The number of hydrogen-bond acceptors (Lipinski definition) is 5. The van der Waals surface area contributed by atoms with Crippen molar-refractivity contribution in [1.29, 1.82) is 0 Å². The third-order valence-corrected chi connectivity index (χ3v) is 3.84. The summed E-state index contributed by atoms with van der Waals surface area (Å²) >= 11 is 0. The number of ether oxygens (including phenoxy) is 2. The summed E-state index contributed by atoms with van der Waals surface area (Å²) in [6.45, 7) is 5.36. The van der Waals surface area contributed by atoms with Crippen molar-refractivity contribution in [2.45, 2.75) is 26.7 Å². The standard InChI is InChI=1S/C18H21NO5/c1-4-23-17(21)13-11(3)19-16(20)15(18(22)24-5-2)14(13)12-9-7-6-8-10-12/h6-10,14-15H,4-5H2,1-3H3,(H,19,20). The predicted octanol–water partition coefficient (Wildman–Crippen LogP) is 1.92. The average molecular weight is 331 g/mol. The van der Waals surface area contributed by atoms with Crippen molar-refractivity contribution in [1.82, 2.24) is 5.32 Å². The molecule has 0 saturated heterocycles. The van der Waals surface area contributed by atoms with Crippen LogP contribution in [0.1, 0.15) is 32.3 Å². The maximum absolute atomic E-state index is 12.4. The van der Waals surface area contributed by atoms with Crippen molar-refractivity contribution in [3.05, 3.63) is 47.2 Å². The highest BCUT2D eigenvalue weighted by Gasteiger charge is 2.45. The molecule has 24 heavy (non-hydrogen) atoms. The monoisotopic (exact) mass is 331 g/mol. The van der Waals surface area contributed by atoms with Gasteiger partial charge in [-0.25, -0.2) is 4.79 Å². The summed E-state index contributed by atoms with van der Waals surface area (Å²) in [5.74, 6) is -3.54. The first-order chi connectivity index (χ1) is 11.5. The first-order valence-electron chi connectivity index (χ1n) is 7.91. The largest absolute Gasteiger partial charge is 0.465 e. The zero-order valence-electron chi connectivity index (χ0n) is 14.0. The van der Waals surface area contributed by atoms with E-state index in [0.29, 0.717) is 11.3 Å². The van der Waals surface area contributed by atoms with Crippen LogP contribution in [0.25, 0.3) is 0 Å². The first kappa shape index (κ1) is 17.7. The van der Waals surface area contributed by atoms with Gasteiger partial charge in [-0.1, -0.05) is 30.3 Å². The molecule has 0 aliphatic carbocycles. The number of amides is 1. The average Bonchev–Trinajstić information content (AvgIpc) is 2.55. The minimum Gasteiger partial charge on any atom is -0.465 e. The van der Waals surface area contributed by atoms with Crippen molar-refractivity contribution in [3.63, 3.8) is 0 Å². The Morgan fingerprint density at radius 2 is 1.71 bits per heavy atom. The van der Waals surface area contributed by atoms with Gasteiger partial charge in [0.2, 0.25) is 5.91 Å². The summed E-state index contributed by atoms with van der Waals surface area (Å²) < 4.78 is 10.2. The van der Waals surface area contributed by atoms with Gasteiger partial charge in [-0.2, -0.15) is 0 Å². The molecule has 1 amide bonds. The number of carbonyl (C=O) groups is 3. The lowest BCUT2D eigenvalue weighted by atomic mass is 9.76. The second-order valence-electron chi connectivity index (χ2n) is 5.37. The van der Waals surface area contributed by atoms with E-state index < -0.39 is 29.7 Å². The fourth-order valence-corrected chi connectivity index (χ4v) is 2.86. The van der Waals surface area contributed by atoms with Crippen LogP contribution in [-0.4, -0.2) is 31.1 Å². The van der Waals surface area contributed by atoms with E-state index in [2.05, 4.69) is 5.32 Å². The normalized spacial score (nSPS) is 20.4. The molecule has 1 heterocycles. The quantitative estimate of drug-likeness (QED) is 0.658. The lowest BCUT2D eigenvalue weighted by Crippen LogP contribution is -2.46. The highest BCUT2D eigenvalue weighted by Crippen LogP contribution is 2.38. The molecule has 2 unspecified atom stereocenters. The highest BCUT2D eigenvalue weighted by molar-refractivity contribution is 6.05. The fourth-order valence-electron chi connectivity index (χ4n) is 2.86. The van der Waals surface area contributed by atoms with Crippen molar-refractivity contribution >= 4 is 17.8 Å². The molecule has 1 aromatic rings. The molecule has 0 bridgehead atoms. The number of rotatable bonds is 5. The molecule has 0 aromatic heterocycles. The van der Waals surface area contributed by atoms with E-state index in [1.807, 2.05) is 6.07 Å². The summed E-state index contributed by atoms with van der Waals surface area (Å²) in [6, 6.07) is 8.97. The van der Waals surface area contributed by atoms with Crippen molar-refractivity contribution < 1.29 is 23.9 Å². The summed E-state index contributed by atoms with van der Waals surface area (Å²) in [6.07, 6.45) is 0. The molecule has 1 aromatic carbocycles. The molecular formula is C18H21NO5. The minimum absolute atomic E-state index is 0.154. The molecule has 1 aliphatic rings. The van der Waals surface area contributed by atoms with E-state index in [1.165, 1.54) is 0 Å². The van der Waals surface area contributed by atoms with Crippen molar-refractivity contribution in [3.8, 4) is 0 Å². The highest BCUT2D eigenvalue weighted by atomic mass is 16.5. The van der Waals surface area contributed by atoms with Gasteiger partial charge in [0.1, 0.15) is 5.92 Å². The summed E-state index contributed by atoms with van der Waals surface area (Å²) in [5.41, 5.74) is 1.36. The second-order valence-corrected chi connectivity index (χ2v) is 5.37. The Labute approximate surface area is 140 Å². The second kappa shape index (κ2) is 7.77. The molecule has 2 rings (SSSR count). The van der Waals surface area contributed by atoms with Gasteiger partial charge in [-0.05, 0) is 26.3 Å². The number of esters is 2. The Morgan fingerprint density at radius 1 is 1.08 bits per heavy atom. The third kappa shape index (κ3) is 3.48. The third-order valence-electron chi connectivity index (χ3n) is 3.84. The molecule has 6 nitrogen and oxygen atoms in total. The Morgan fingerprint density at radius 3 is 2.29 bits per heavy atom. The van der Waals surface area contributed by atoms with Crippen LogP contribution in [0.3, 0.4) is 0 Å². The van der Waals surface area contributed by atoms with Crippen LogP contribution in [0.4, 0.5) is 0 Å². The predicted molar refractivity (Wildman–Crippen MR) is 86.8 cm³/mol. The van der Waals surface area contributed by atoms with Gasteiger partial charge in [0.25, 0.3) is 0 Å². The Balaban J connectivity index is 2.57. The molecule has 6 heteroatoms. The number of nitrogens with one attached hydrogen (secondary N) is 1. The van der Waals surface area contributed by atoms with E-state index >= 15 is 0 Å². The zero-order chi connectivity index (χ0) is 17.7. The van der Waals surface area contributed by atoms with Gasteiger partial charge < -0.3 is 14.8 Å². The lowest BCUT2D eigenvalue weighted by Gasteiger charge is -2.32. The van der Waals surface area contributed by atoms with Gasteiger partial charge >= 0.3 is 11.9 Å². The molecule has 1 N–H and O–H groups in total. The van der Waals surface area contributed by atoms with Crippen LogP contribution in [-0.2, 0) is 23.9 Å². The van der Waals surface area contributed by atoms with E-state index in [-0.39, 0.29) is 18.8 Å². The topological polar surface area (TPSA) is 81.7 Å². The van der Waals surface area contributed by atoms with E-state index in [9.17, 15) is 14.4 Å². The number of hydrogen-bond donors (Lipinski definition) is 1. The smallest absolute Gasteiger partial charge is 0.336 e.